The summed E-state index contributed by atoms with van der Waals surface area (Å²) in [6.45, 7) is -0.922. The van der Waals surface area contributed by atoms with Crippen molar-refractivity contribution in [1.29, 1.82) is 0 Å². The van der Waals surface area contributed by atoms with E-state index in [9.17, 15) is 35.2 Å². The number of amides is 1. The Morgan fingerprint density at radius 1 is 1.08 bits per heavy atom. The molecule has 2 heterocycles. The minimum atomic E-state index is -4.31. The fraction of sp³-hybridized carbons (Fsp3) is 0.261. The second-order valence-electron chi connectivity index (χ2n) is 8.19. The number of halogens is 6. The van der Waals surface area contributed by atoms with Crippen molar-refractivity contribution in [3.8, 4) is 11.1 Å². The lowest BCUT2D eigenvalue weighted by molar-refractivity contribution is -0.124. The van der Waals surface area contributed by atoms with Gasteiger partial charge in [0.05, 0.1) is 4.90 Å². The first kappa shape index (κ1) is 27.3. The van der Waals surface area contributed by atoms with Gasteiger partial charge in [0, 0.05) is 65.6 Å². The van der Waals surface area contributed by atoms with Crippen LogP contribution in [0.3, 0.4) is 0 Å². The van der Waals surface area contributed by atoms with E-state index in [1.54, 1.807) is 0 Å². The molecule has 0 radical (unpaired) electrons. The molecule has 1 amide bonds. The van der Waals surface area contributed by atoms with Crippen LogP contribution in [0.15, 0.2) is 59.8 Å². The first-order valence-corrected chi connectivity index (χ1v) is 13.3. The van der Waals surface area contributed by atoms with Crippen LogP contribution in [0.2, 0.25) is 0 Å². The summed E-state index contributed by atoms with van der Waals surface area (Å²) in [6.07, 6.45) is 0.300. The van der Waals surface area contributed by atoms with Gasteiger partial charge in [-0.05, 0) is 42.0 Å². The molecular formula is C23H18F5IN4O3S. The summed E-state index contributed by atoms with van der Waals surface area (Å²) in [4.78, 5) is 19.8. The molecule has 1 fully saturated rings. The number of sulfonamides is 1. The molecule has 0 aliphatic carbocycles. The second kappa shape index (κ2) is 10.6. The van der Waals surface area contributed by atoms with Crippen molar-refractivity contribution < 1.29 is 35.2 Å². The number of carbonyl (C=O) groups is 1. The van der Waals surface area contributed by atoms with Gasteiger partial charge in [0.1, 0.15) is 23.8 Å². The van der Waals surface area contributed by atoms with Gasteiger partial charge in [-0.25, -0.2) is 31.6 Å². The topological polar surface area (TPSA) is 92.3 Å². The van der Waals surface area contributed by atoms with Crippen LogP contribution in [0.4, 0.5) is 22.0 Å². The number of alkyl halides is 4. The minimum absolute atomic E-state index is 0.0110. The summed E-state index contributed by atoms with van der Waals surface area (Å²) in [5.74, 6) is -2.87. The molecule has 37 heavy (non-hydrogen) atoms. The monoisotopic (exact) mass is 652 g/mol. The molecule has 2 atom stereocenters. The highest BCUT2D eigenvalue weighted by Gasteiger charge is 2.44. The third-order valence-corrected chi connectivity index (χ3v) is 8.04. The molecule has 1 saturated heterocycles. The van der Waals surface area contributed by atoms with Gasteiger partial charge in [0.15, 0.2) is 0 Å². The van der Waals surface area contributed by atoms with Crippen molar-refractivity contribution in [1.82, 2.24) is 19.6 Å². The van der Waals surface area contributed by atoms with E-state index in [1.165, 1.54) is 12.1 Å². The molecule has 4 rings (SSSR count). The molecule has 2 aromatic carbocycles. The predicted octanol–water partition coefficient (Wildman–Crippen LogP) is 4.32. The third kappa shape index (κ3) is 6.06. The Balaban J connectivity index is 1.50. The van der Waals surface area contributed by atoms with Crippen LogP contribution >= 0.6 is 22.6 Å². The number of aromatic nitrogens is 2. The van der Waals surface area contributed by atoms with Crippen molar-refractivity contribution >= 4 is 38.5 Å². The number of nitrogens with one attached hydrogen (secondary N) is 1. The third-order valence-electron chi connectivity index (χ3n) is 5.67. The van der Waals surface area contributed by atoms with Gasteiger partial charge in [-0.3, -0.25) is 4.79 Å². The maximum atomic E-state index is 14.4. The van der Waals surface area contributed by atoms with Gasteiger partial charge in [-0.1, -0.05) is 6.07 Å². The quantitative estimate of drug-likeness (QED) is 0.233. The van der Waals surface area contributed by atoms with Gasteiger partial charge >= 0.3 is 3.93 Å². The largest absolute Gasteiger partial charge is 0.354 e. The number of rotatable bonds is 7. The summed E-state index contributed by atoms with van der Waals surface area (Å²) < 4.78 is 91.9. The van der Waals surface area contributed by atoms with E-state index in [2.05, 4.69) is 15.3 Å². The Morgan fingerprint density at radius 3 is 2.35 bits per heavy atom. The van der Waals surface area contributed by atoms with Crippen LogP contribution in [0, 0.1) is 11.6 Å². The van der Waals surface area contributed by atoms with E-state index in [-0.39, 0.29) is 17.0 Å². The molecule has 0 spiro atoms. The van der Waals surface area contributed by atoms with Crippen LogP contribution in [0.25, 0.3) is 11.1 Å². The first-order valence-electron chi connectivity index (χ1n) is 10.7. The molecule has 1 aliphatic heterocycles. The van der Waals surface area contributed by atoms with Crippen LogP contribution < -0.4 is 5.32 Å². The second-order valence-corrected chi connectivity index (χ2v) is 11.4. The van der Waals surface area contributed by atoms with E-state index >= 15 is 0 Å². The maximum Gasteiger partial charge on any atom is 0.354 e. The number of hydrogen-bond donors (Lipinski definition) is 1. The molecule has 196 valence electrons. The van der Waals surface area contributed by atoms with E-state index < -0.39 is 62.5 Å². The molecule has 0 unspecified atom stereocenters. The molecule has 3 aromatic rings. The molecule has 0 bridgehead atoms. The van der Waals surface area contributed by atoms with E-state index in [4.69, 9.17) is 0 Å². The lowest BCUT2D eigenvalue weighted by atomic mass is 10.0. The summed E-state index contributed by atoms with van der Waals surface area (Å²) in [7, 11) is -4.31. The Morgan fingerprint density at radius 2 is 1.73 bits per heavy atom. The first-order chi connectivity index (χ1) is 17.4. The molecule has 1 aliphatic rings. The Bertz CT molecular complexity index is 1400. The smallest absolute Gasteiger partial charge is 0.351 e. The predicted molar refractivity (Wildman–Crippen MR) is 131 cm³/mol. The summed E-state index contributed by atoms with van der Waals surface area (Å²) >= 11 is 0.896. The molecule has 1 N–H and O–H groups in total. The molecular weight excluding hydrogens is 634 g/mol. The lowest BCUT2D eigenvalue weighted by Crippen LogP contribution is -2.45. The highest BCUT2D eigenvalue weighted by molar-refractivity contribution is 14.1. The van der Waals surface area contributed by atoms with Crippen LogP contribution in [-0.4, -0.2) is 47.4 Å². The van der Waals surface area contributed by atoms with E-state index in [1.807, 2.05) is 0 Å². The molecule has 14 heteroatoms. The average molecular weight is 652 g/mol. The molecule has 1 aromatic heterocycles. The fourth-order valence-corrected chi connectivity index (χ4v) is 5.72. The zero-order valence-corrected chi connectivity index (χ0v) is 21.7. The highest BCUT2D eigenvalue weighted by atomic mass is 127. The Kier molecular flexibility index (Phi) is 7.80. The van der Waals surface area contributed by atoms with Gasteiger partial charge in [0.2, 0.25) is 21.8 Å². The van der Waals surface area contributed by atoms with Crippen molar-refractivity contribution in [3.05, 3.63) is 77.9 Å². The van der Waals surface area contributed by atoms with Gasteiger partial charge in [0.25, 0.3) is 0 Å². The van der Waals surface area contributed by atoms with Gasteiger partial charge in [-0.15, -0.1) is 0 Å². The van der Waals surface area contributed by atoms with Crippen molar-refractivity contribution in [2.45, 2.75) is 34.0 Å². The fourth-order valence-electron chi connectivity index (χ4n) is 3.82. The van der Waals surface area contributed by atoms with Gasteiger partial charge in [-0.2, -0.15) is 13.1 Å². The molecule has 0 saturated carbocycles. The number of nitrogens with zero attached hydrogens (tertiary/aromatic N) is 3. The summed E-state index contributed by atoms with van der Waals surface area (Å²) in [5, 5.41) is 2.43. The molecule has 7 nitrogen and oxygen atoms in total. The standard InChI is InChI=1S/C23H18F5IN4O3S/c24-16-2-4-18(5-3-16)37(35,36)33-12-17(25)8-20(33)21(34)30-9-14-7-13(1-6-19(14)26)15-10-31-22(32-11-15)23(27,28)29/h1-7,10-11,17,20H,8-9,12H2,(H,30,34)/t17-,20+/m1/s1. The van der Waals surface area contributed by atoms with E-state index in [0.717, 1.165) is 65.3 Å². The van der Waals surface area contributed by atoms with Crippen molar-refractivity contribution in [3.63, 3.8) is 0 Å². The highest BCUT2D eigenvalue weighted by Crippen LogP contribution is 2.33. The zero-order valence-electron chi connectivity index (χ0n) is 18.7. The number of hydrogen-bond acceptors (Lipinski definition) is 5. The van der Waals surface area contributed by atoms with Crippen molar-refractivity contribution in [2.24, 2.45) is 0 Å². The van der Waals surface area contributed by atoms with E-state index in [0.29, 0.717) is 15.4 Å². The minimum Gasteiger partial charge on any atom is -0.351 e. The number of benzene rings is 2. The average Bonchev–Trinajstić information content (AvgIpc) is 3.26. The Hall–Kier alpha value is -2.72. The van der Waals surface area contributed by atoms with Crippen LogP contribution in [0.5, 0.6) is 0 Å². The Labute approximate surface area is 222 Å². The zero-order chi connectivity index (χ0) is 27.0. The van der Waals surface area contributed by atoms with Crippen LogP contribution in [-0.2, 0) is 25.3 Å². The number of carbonyl (C=O) groups excluding carboxylic acids is 1. The summed E-state index contributed by atoms with van der Waals surface area (Å²) in [5.41, 5.74) is 0.723. The maximum absolute atomic E-state index is 14.4. The van der Waals surface area contributed by atoms with Crippen LogP contribution in [0.1, 0.15) is 17.8 Å². The van der Waals surface area contributed by atoms with Crippen molar-refractivity contribution in [2.75, 3.05) is 6.54 Å². The summed E-state index contributed by atoms with van der Waals surface area (Å²) in [6, 6.07) is 6.36. The SMILES string of the molecule is O=C(NCc1cc(-c2cnc(C(F)(F)I)nc2)ccc1F)[C@@H]1C[C@@H](F)CN1S(=O)(=O)c1ccc(F)cc1. The van der Waals surface area contributed by atoms with Gasteiger partial charge < -0.3 is 5.32 Å². The lowest BCUT2D eigenvalue weighted by Gasteiger charge is -2.23. The normalized spacial score (nSPS) is 18.6.